The molecule has 2 aromatic heterocycles. The van der Waals surface area contributed by atoms with E-state index < -0.39 is 24.6 Å². The Labute approximate surface area is 166 Å². The topological polar surface area (TPSA) is 94.2 Å². The molecule has 13 heteroatoms. The highest BCUT2D eigenvalue weighted by Gasteiger charge is 2.57. The second-order valence-electron chi connectivity index (χ2n) is 6.53. The fourth-order valence-electron chi connectivity index (χ4n) is 2.88. The fourth-order valence-corrected chi connectivity index (χ4v) is 2.88. The lowest BCUT2D eigenvalue weighted by atomic mass is 10.2. The van der Waals surface area contributed by atoms with E-state index in [1.165, 1.54) is 12.3 Å². The summed E-state index contributed by atoms with van der Waals surface area (Å²) in [6.07, 6.45) is -1.99. The quantitative estimate of drug-likeness (QED) is 0.554. The monoisotopic (exact) mass is 432 g/mol. The van der Waals surface area contributed by atoms with Gasteiger partial charge in [0, 0.05) is 32.4 Å². The number of nitrogens with one attached hydrogen (secondary N) is 2. The molecule has 2 amide bonds. The number of nitrogens with zero attached hydrogens (tertiary/aromatic N) is 4. The number of aromatic amines is 1. The van der Waals surface area contributed by atoms with E-state index in [1.807, 2.05) is 4.90 Å². The average molecular weight is 432 g/mol. The van der Waals surface area contributed by atoms with Crippen molar-refractivity contribution in [3.8, 4) is 0 Å². The second kappa shape index (κ2) is 7.88. The molecule has 0 bridgehead atoms. The van der Waals surface area contributed by atoms with Crippen LogP contribution in [0.15, 0.2) is 25.0 Å². The fraction of sp³-hybridized carbons (Fsp3) is 0.412. The zero-order chi connectivity index (χ0) is 22.1. The molecule has 8 nitrogen and oxygen atoms in total. The van der Waals surface area contributed by atoms with Crippen molar-refractivity contribution in [3.63, 3.8) is 0 Å². The molecule has 0 radical (unpaired) electrons. The largest absolute Gasteiger partial charge is 0.455 e. The zero-order valence-electron chi connectivity index (χ0n) is 15.5. The minimum atomic E-state index is -5.78. The number of amides is 2. The molecule has 1 aliphatic rings. The van der Waals surface area contributed by atoms with Gasteiger partial charge in [0.15, 0.2) is 5.65 Å². The summed E-state index contributed by atoms with van der Waals surface area (Å²) in [4.78, 5) is 38.3. The molecule has 0 saturated carbocycles. The van der Waals surface area contributed by atoms with E-state index in [0.29, 0.717) is 32.0 Å². The van der Waals surface area contributed by atoms with Crippen LogP contribution in [0.3, 0.4) is 0 Å². The summed E-state index contributed by atoms with van der Waals surface area (Å²) in [5, 5.41) is 1.58. The predicted molar refractivity (Wildman–Crippen MR) is 96.2 cm³/mol. The van der Waals surface area contributed by atoms with E-state index in [0.717, 1.165) is 6.20 Å². The SMILES string of the molecule is C=CC(=O)N1CCN(c2cnc3[nH]cc(C(=O)NCC(F)(F)C(F)(F)F)c3n2)CC1. The lowest BCUT2D eigenvalue weighted by Gasteiger charge is -2.34. The first-order valence-corrected chi connectivity index (χ1v) is 8.76. The maximum Gasteiger partial charge on any atom is 0.455 e. The van der Waals surface area contributed by atoms with Crippen molar-refractivity contribution in [2.24, 2.45) is 0 Å². The number of piperazine rings is 1. The van der Waals surface area contributed by atoms with Crippen molar-refractivity contribution in [1.29, 1.82) is 0 Å². The van der Waals surface area contributed by atoms with Crippen molar-refractivity contribution in [3.05, 3.63) is 30.6 Å². The van der Waals surface area contributed by atoms with Gasteiger partial charge >= 0.3 is 12.1 Å². The number of carbonyl (C=O) groups is 2. The van der Waals surface area contributed by atoms with Crippen LogP contribution in [-0.2, 0) is 4.79 Å². The summed E-state index contributed by atoms with van der Waals surface area (Å²) >= 11 is 0. The summed E-state index contributed by atoms with van der Waals surface area (Å²) in [5.74, 6) is -6.02. The van der Waals surface area contributed by atoms with Crippen LogP contribution in [0, 0.1) is 0 Å². The van der Waals surface area contributed by atoms with E-state index in [1.54, 1.807) is 10.2 Å². The normalized spacial score (nSPS) is 15.4. The number of hydrogen-bond acceptors (Lipinski definition) is 5. The lowest BCUT2D eigenvalue weighted by Crippen LogP contribution is -2.48. The standard InChI is InChI=1S/C17H17F5N6O2/c1-2-12(29)28-5-3-27(4-6-28)11-8-24-14-13(26-11)10(7-23-14)15(30)25-9-16(18,19)17(20,21)22/h2,7-8H,1,3-6,9H2,(H,23,24)(H,25,30). The molecule has 3 rings (SSSR count). The zero-order valence-corrected chi connectivity index (χ0v) is 15.5. The number of anilines is 1. The minimum absolute atomic E-state index is 0.0323. The van der Waals surface area contributed by atoms with Gasteiger partial charge in [0.05, 0.1) is 18.3 Å². The molecular formula is C17H17F5N6O2. The number of aromatic nitrogens is 3. The van der Waals surface area contributed by atoms with Crippen LogP contribution in [0.2, 0.25) is 0 Å². The summed E-state index contributed by atoms with van der Waals surface area (Å²) in [6, 6.07) is 0. The van der Waals surface area contributed by atoms with E-state index in [4.69, 9.17) is 0 Å². The van der Waals surface area contributed by atoms with Gasteiger partial charge in [0.2, 0.25) is 5.91 Å². The molecule has 1 saturated heterocycles. The number of halogens is 5. The van der Waals surface area contributed by atoms with Gasteiger partial charge in [-0.1, -0.05) is 6.58 Å². The van der Waals surface area contributed by atoms with E-state index in [-0.39, 0.29) is 22.6 Å². The van der Waals surface area contributed by atoms with Gasteiger partial charge in [-0.3, -0.25) is 9.59 Å². The third-order valence-corrected chi connectivity index (χ3v) is 4.59. The Morgan fingerprint density at radius 1 is 1.20 bits per heavy atom. The Hall–Kier alpha value is -3.25. The Balaban J connectivity index is 1.75. The van der Waals surface area contributed by atoms with Crippen molar-refractivity contribution in [1.82, 2.24) is 25.2 Å². The Morgan fingerprint density at radius 3 is 2.47 bits per heavy atom. The van der Waals surface area contributed by atoms with Crippen molar-refractivity contribution in [2.75, 3.05) is 37.6 Å². The van der Waals surface area contributed by atoms with Crippen molar-refractivity contribution < 1.29 is 31.5 Å². The lowest BCUT2D eigenvalue weighted by molar-refractivity contribution is -0.278. The highest BCUT2D eigenvalue weighted by Crippen LogP contribution is 2.34. The van der Waals surface area contributed by atoms with E-state index >= 15 is 0 Å². The van der Waals surface area contributed by atoms with Gasteiger partial charge in [-0.25, -0.2) is 9.97 Å². The molecule has 1 fully saturated rings. The van der Waals surface area contributed by atoms with Crippen LogP contribution in [0.5, 0.6) is 0 Å². The van der Waals surface area contributed by atoms with Crippen LogP contribution >= 0.6 is 0 Å². The van der Waals surface area contributed by atoms with Crippen LogP contribution in [0.4, 0.5) is 27.8 Å². The number of hydrogen-bond donors (Lipinski definition) is 2. The smallest absolute Gasteiger partial charge is 0.352 e. The molecule has 2 N–H and O–H groups in total. The van der Waals surface area contributed by atoms with Crippen LogP contribution in [0.25, 0.3) is 11.2 Å². The molecule has 0 spiro atoms. The third-order valence-electron chi connectivity index (χ3n) is 4.59. The first kappa shape index (κ1) is 21.5. The molecule has 3 heterocycles. The highest BCUT2D eigenvalue weighted by molar-refractivity contribution is 6.04. The Bertz CT molecular complexity index is 965. The molecule has 0 aromatic carbocycles. The average Bonchev–Trinajstić information content (AvgIpc) is 3.14. The molecular weight excluding hydrogens is 415 g/mol. The second-order valence-corrected chi connectivity index (χ2v) is 6.53. The van der Waals surface area contributed by atoms with Gasteiger partial charge in [-0.05, 0) is 6.08 Å². The van der Waals surface area contributed by atoms with Crippen molar-refractivity contribution in [2.45, 2.75) is 12.1 Å². The molecule has 0 aliphatic carbocycles. The first-order chi connectivity index (χ1) is 14.0. The maximum absolute atomic E-state index is 13.1. The summed E-state index contributed by atoms with van der Waals surface area (Å²) in [5.41, 5.74) is -0.00493. The number of fused-ring (bicyclic) bond motifs is 1. The highest BCUT2D eigenvalue weighted by atomic mass is 19.4. The first-order valence-electron chi connectivity index (χ1n) is 8.76. The number of alkyl halides is 5. The minimum Gasteiger partial charge on any atom is -0.352 e. The van der Waals surface area contributed by atoms with Gasteiger partial charge < -0.3 is 20.1 Å². The summed E-state index contributed by atoms with van der Waals surface area (Å²) in [6.45, 7) is 3.24. The van der Waals surface area contributed by atoms with E-state index in [2.05, 4.69) is 21.5 Å². The number of H-pyrrole nitrogens is 1. The molecule has 1 aliphatic heterocycles. The van der Waals surface area contributed by atoms with Gasteiger partial charge in [0.1, 0.15) is 11.3 Å². The summed E-state index contributed by atoms with van der Waals surface area (Å²) < 4.78 is 62.9. The van der Waals surface area contributed by atoms with Gasteiger partial charge in [-0.15, -0.1) is 0 Å². The van der Waals surface area contributed by atoms with Crippen LogP contribution in [-0.4, -0.2) is 76.5 Å². The van der Waals surface area contributed by atoms with Crippen LogP contribution < -0.4 is 10.2 Å². The Kier molecular flexibility index (Phi) is 5.63. The maximum atomic E-state index is 13.1. The van der Waals surface area contributed by atoms with E-state index in [9.17, 15) is 31.5 Å². The number of rotatable bonds is 5. The van der Waals surface area contributed by atoms with Gasteiger partial charge in [0.25, 0.3) is 5.91 Å². The third kappa shape index (κ3) is 4.19. The van der Waals surface area contributed by atoms with Crippen LogP contribution in [0.1, 0.15) is 10.4 Å². The molecule has 0 unspecified atom stereocenters. The number of carbonyl (C=O) groups excluding carboxylic acids is 2. The molecule has 2 aromatic rings. The van der Waals surface area contributed by atoms with Gasteiger partial charge in [-0.2, -0.15) is 22.0 Å². The predicted octanol–water partition coefficient (Wildman–Crippen LogP) is 1.72. The molecule has 0 atom stereocenters. The molecule has 30 heavy (non-hydrogen) atoms. The van der Waals surface area contributed by atoms with Crippen molar-refractivity contribution >= 4 is 28.8 Å². The summed E-state index contributed by atoms with van der Waals surface area (Å²) in [7, 11) is 0. The molecule has 162 valence electrons. The Morgan fingerprint density at radius 2 is 1.87 bits per heavy atom.